The maximum absolute atomic E-state index is 16.5. The number of rotatable bonds is 3. The van der Waals surface area contributed by atoms with E-state index in [2.05, 4.69) is 17.2 Å². The molecule has 6 heteroatoms. The highest BCUT2D eigenvalue weighted by atomic mass is 19.1. The molecule has 4 aliphatic carbocycles. The molecule has 1 aromatic carbocycles. The first kappa shape index (κ1) is 21.7. The minimum atomic E-state index is -1.13. The van der Waals surface area contributed by atoms with Crippen LogP contribution in [-0.4, -0.2) is 37.2 Å². The molecule has 8 atom stereocenters. The van der Waals surface area contributed by atoms with E-state index in [-0.39, 0.29) is 35.5 Å². The van der Waals surface area contributed by atoms with Crippen molar-refractivity contribution in [3.63, 3.8) is 0 Å². The van der Waals surface area contributed by atoms with Crippen molar-refractivity contribution >= 4 is 16.8 Å². The van der Waals surface area contributed by atoms with E-state index < -0.39 is 11.3 Å². The summed E-state index contributed by atoms with van der Waals surface area (Å²) in [5, 5.41) is 19.0. The molecular formula is C27H36FN3O2. The smallest absolute Gasteiger partial charge is 0.157 e. The monoisotopic (exact) mass is 453 g/mol. The average Bonchev–Trinajstić information content (AvgIpc) is 3.35. The van der Waals surface area contributed by atoms with Crippen LogP contribution >= 0.6 is 0 Å². The van der Waals surface area contributed by atoms with Gasteiger partial charge in [0, 0.05) is 5.92 Å². The lowest BCUT2D eigenvalue weighted by atomic mass is 9.48. The number of aromatic nitrogens is 3. The van der Waals surface area contributed by atoms with Gasteiger partial charge in [-0.2, -0.15) is 0 Å². The first-order valence-corrected chi connectivity index (χ1v) is 12.9. The van der Waals surface area contributed by atoms with Crippen LogP contribution in [0.3, 0.4) is 0 Å². The molecule has 0 aliphatic heterocycles. The molecule has 33 heavy (non-hydrogen) atoms. The number of Topliss-reactive ketones (excluding diaryl/α,β-unsaturated/α-hetero) is 1. The standard InChI is InChI=1S/C27H36FN3O2/c1-25(33)13-14-27(28)17(15-25)7-8-18-19-9-10-21(26(19,2)12-11-20(18)27)24(32)16-31-23-6-4-3-5-22(23)29-30-31/h3-6,17-21,33H,7-16H2,1-2H3/t17-,18+,19+,20+,21-,25-,26+,27-/m1/s1. The molecule has 0 spiro atoms. The average molecular weight is 454 g/mol. The van der Waals surface area contributed by atoms with Gasteiger partial charge in [0.2, 0.25) is 0 Å². The molecule has 4 aliphatic rings. The number of carbonyl (C=O) groups is 1. The Hall–Kier alpha value is -1.82. The van der Waals surface area contributed by atoms with Crippen LogP contribution in [-0.2, 0) is 11.3 Å². The van der Waals surface area contributed by atoms with Gasteiger partial charge in [0.15, 0.2) is 5.78 Å². The van der Waals surface area contributed by atoms with E-state index in [1.54, 1.807) is 4.68 Å². The van der Waals surface area contributed by atoms with Crippen molar-refractivity contribution < 1.29 is 14.3 Å². The summed E-state index contributed by atoms with van der Waals surface area (Å²) in [4.78, 5) is 13.5. The van der Waals surface area contributed by atoms with E-state index in [0.717, 1.165) is 49.6 Å². The van der Waals surface area contributed by atoms with E-state index in [4.69, 9.17) is 0 Å². The number of halogens is 1. The number of nitrogens with zero attached hydrogens (tertiary/aromatic N) is 3. The molecule has 5 nitrogen and oxygen atoms in total. The fraction of sp³-hybridized carbons (Fsp3) is 0.741. The summed E-state index contributed by atoms with van der Waals surface area (Å²) in [6.07, 6.45) is 7.34. The van der Waals surface area contributed by atoms with Crippen LogP contribution in [0.1, 0.15) is 71.6 Å². The van der Waals surface area contributed by atoms with Gasteiger partial charge in [0.1, 0.15) is 17.7 Å². The highest BCUT2D eigenvalue weighted by molar-refractivity contribution is 5.84. The van der Waals surface area contributed by atoms with Crippen LogP contribution in [0.5, 0.6) is 0 Å². The third-order valence-corrected chi connectivity index (χ3v) is 10.4. The Kier molecular flexibility index (Phi) is 4.82. The largest absolute Gasteiger partial charge is 0.390 e. The summed E-state index contributed by atoms with van der Waals surface area (Å²) in [5.41, 5.74) is -0.170. The van der Waals surface area contributed by atoms with Crippen molar-refractivity contribution in [3.8, 4) is 0 Å². The Labute approximate surface area is 195 Å². The van der Waals surface area contributed by atoms with Crippen LogP contribution in [0.25, 0.3) is 11.0 Å². The lowest BCUT2D eigenvalue weighted by Gasteiger charge is -2.59. The summed E-state index contributed by atoms with van der Waals surface area (Å²) >= 11 is 0. The first-order chi connectivity index (χ1) is 15.7. The number of fused-ring (bicyclic) bond motifs is 6. The SMILES string of the molecule is C[C@@]1(O)CC[C@@]2(F)[C@H](CC[C@H]3[C@@H]4CC[C@H](C(=O)Cn5nnc6ccccc65)[C@@]4(C)CC[C@@H]32)C1. The van der Waals surface area contributed by atoms with Crippen molar-refractivity contribution in [1.82, 2.24) is 15.0 Å². The number of alkyl halides is 1. The number of para-hydroxylation sites is 1. The summed E-state index contributed by atoms with van der Waals surface area (Å²) in [6.45, 7) is 4.46. The third kappa shape index (κ3) is 3.23. The van der Waals surface area contributed by atoms with Crippen LogP contribution in [0.4, 0.5) is 4.39 Å². The summed E-state index contributed by atoms with van der Waals surface area (Å²) < 4.78 is 18.3. The number of hydrogen-bond acceptors (Lipinski definition) is 4. The zero-order valence-electron chi connectivity index (χ0n) is 19.8. The molecular weight excluding hydrogens is 417 g/mol. The van der Waals surface area contributed by atoms with Crippen LogP contribution < -0.4 is 0 Å². The predicted octanol–water partition coefficient (Wildman–Crippen LogP) is 5.11. The van der Waals surface area contributed by atoms with Crippen LogP contribution in [0.2, 0.25) is 0 Å². The van der Waals surface area contributed by atoms with Gasteiger partial charge >= 0.3 is 0 Å². The second-order valence-corrected chi connectivity index (χ2v) is 12.2. The van der Waals surface area contributed by atoms with E-state index in [1.807, 2.05) is 31.2 Å². The molecule has 0 amide bonds. The van der Waals surface area contributed by atoms with Gasteiger partial charge in [-0.05, 0) is 106 Å². The Balaban J connectivity index is 1.22. The van der Waals surface area contributed by atoms with Gasteiger partial charge in [0.25, 0.3) is 0 Å². The zero-order valence-corrected chi connectivity index (χ0v) is 19.8. The van der Waals surface area contributed by atoms with Crippen molar-refractivity contribution in [2.75, 3.05) is 0 Å². The number of carbonyl (C=O) groups excluding carboxylic acids is 1. The molecule has 178 valence electrons. The Morgan fingerprint density at radius 2 is 1.91 bits per heavy atom. The molecule has 0 bridgehead atoms. The first-order valence-electron chi connectivity index (χ1n) is 12.9. The fourth-order valence-electron chi connectivity index (χ4n) is 8.80. The summed E-state index contributed by atoms with van der Waals surface area (Å²) in [6, 6.07) is 7.78. The van der Waals surface area contributed by atoms with Gasteiger partial charge in [0.05, 0.1) is 11.1 Å². The second-order valence-electron chi connectivity index (χ2n) is 12.2. The minimum absolute atomic E-state index is 0.00807. The highest BCUT2D eigenvalue weighted by Gasteiger charge is 2.63. The molecule has 6 rings (SSSR count). The van der Waals surface area contributed by atoms with E-state index in [1.165, 1.54) is 0 Å². The van der Waals surface area contributed by atoms with Gasteiger partial charge in [-0.25, -0.2) is 9.07 Å². The zero-order chi connectivity index (χ0) is 23.0. The van der Waals surface area contributed by atoms with E-state index in [9.17, 15) is 9.90 Å². The molecule has 1 heterocycles. The molecule has 0 unspecified atom stereocenters. The normalized spacial score (nSPS) is 44.8. The number of benzene rings is 1. The highest BCUT2D eigenvalue weighted by Crippen LogP contribution is 2.66. The fourth-order valence-corrected chi connectivity index (χ4v) is 8.80. The van der Waals surface area contributed by atoms with Crippen molar-refractivity contribution in [2.45, 2.75) is 89.4 Å². The summed E-state index contributed by atoms with van der Waals surface area (Å²) in [5.74, 6) is 1.16. The van der Waals surface area contributed by atoms with E-state index in [0.29, 0.717) is 31.1 Å². The van der Waals surface area contributed by atoms with Crippen molar-refractivity contribution in [3.05, 3.63) is 24.3 Å². The maximum atomic E-state index is 16.5. The molecule has 0 saturated heterocycles. The number of hydrogen-bond donors (Lipinski definition) is 1. The lowest BCUT2D eigenvalue weighted by Crippen LogP contribution is -2.58. The van der Waals surface area contributed by atoms with Gasteiger partial charge in [-0.3, -0.25) is 4.79 Å². The third-order valence-electron chi connectivity index (χ3n) is 10.4. The Morgan fingerprint density at radius 1 is 1.09 bits per heavy atom. The Bertz CT molecular complexity index is 1080. The molecule has 1 N–H and O–H groups in total. The van der Waals surface area contributed by atoms with Gasteiger partial charge in [-0.1, -0.05) is 24.3 Å². The molecule has 2 aromatic rings. The molecule has 1 aromatic heterocycles. The summed E-state index contributed by atoms with van der Waals surface area (Å²) in [7, 11) is 0. The topological polar surface area (TPSA) is 68.0 Å². The van der Waals surface area contributed by atoms with Gasteiger partial charge in [-0.15, -0.1) is 5.10 Å². The number of aliphatic hydroxyl groups is 1. The van der Waals surface area contributed by atoms with Crippen LogP contribution in [0.15, 0.2) is 24.3 Å². The second kappa shape index (κ2) is 7.34. The van der Waals surface area contributed by atoms with Gasteiger partial charge < -0.3 is 5.11 Å². The van der Waals surface area contributed by atoms with Crippen LogP contribution in [0, 0.1) is 35.0 Å². The quantitative estimate of drug-likeness (QED) is 0.701. The Morgan fingerprint density at radius 3 is 2.76 bits per heavy atom. The molecule has 0 radical (unpaired) electrons. The minimum Gasteiger partial charge on any atom is -0.390 e. The lowest BCUT2D eigenvalue weighted by molar-refractivity contribution is -0.165. The maximum Gasteiger partial charge on any atom is 0.157 e. The van der Waals surface area contributed by atoms with Crippen molar-refractivity contribution in [2.24, 2.45) is 35.0 Å². The predicted molar refractivity (Wildman–Crippen MR) is 124 cm³/mol. The molecule has 4 fully saturated rings. The van der Waals surface area contributed by atoms with Crippen molar-refractivity contribution in [1.29, 1.82) is 0 Å². The number of ketones is 1. The van der Waals surface area contributed by atoms with E-state index >= 15 is 4.39 Å². The molecule has 4 saturated carbocycles.